The molecule has 7 heteroatoms. The Morgan fingerprint density at radius 3 is 2.79 bits per heavy atom. The van der Waals surface area contributed by atoms with Gasteiger partial charge in [-0.3, -0.25) is 4.79 Å². The first-order chi connectivity index (χ1) is 14.1. The molecule has 0 spiro atoms. The van der Waals surface area contributed by atoms with Gasteiger partial charge in [0.05, 0.1) is 25.5 Å². The topological polar surface area (TPSA) is 75.7 Å². The number of hydrogen-bond acceptors (Lipinski definition) is 4. The number of rotatable bonds is 5. The minimum atomic E-state index is -0.273. The molecular weight excluding hydrogens is 390 g/mol. The summed E-state index contributed by atoms with van der Waals surface area (Å²) in [5.41, 5.74) is 7.46. The monoisotopic (exact) mass is 411 g/mol. The van der Waals surface area contributed by atoms with E-state index in [1.54, 1.807) is 25.3 Å². The summed E-state index contributed by atoms with van der Waals surface area (Å²) in [6.45, 7) is 0. The van der Waals surface area contributed by atoms with E-state index in [0.717, 1.165) is 23.7 Å². The number of aromatic amines is 1. The molecule has 1 heterocycles. The van der Waals surface area contributed by atoms with Crippen molar-refractivity contribution in [2.24, 2.45) is 5.10 Å². The molecule has 2 N–H and O–H groups in total. The van der Waals surface area contributed by atoms with Crippen molar-refractivity contribution in [2.45, 2.75) is 25.7 Å². The summed E-state index contributed by atoms with van der Waals surface area (Å²) in [5.74, 6) is 0.680. The summed E-state index contributed by atoms with van der Waals surface area (Å²) in [6.07, 6.45) is 6.00. The van der Waals surface area contributed by atoms with Crippen molar-refractivity contribution in [1.82, 2.24) is 10.4 Å². The Hall–Kier alpha value is -2.99. The number of carbonyl (C=O) groups excluding carboxylic acids is 1. The van der Waals surface area contributed by atoms with E-state index in [1.807, 2.05) is 12.1 Å². The van der Waals surface area contributed by atoms with Gasteiger partial charge in [0.1, 0.15) is 0 Å². The summed E-state index contributed by atoms with van der Waals surface area (Å²) >= 11 is 6.33. The van der Waals surface area contributed by atoms with Crippen LogP contribution in [0.15, 0.2) is 35.4 Å². The van der Waals surface area contributed by atoms with Crippen molar-refractivity contribution in [1.29, 1.82) is 0 Å². The van der Waals surface area contributed by atoms with E-state index in [2.05, 4.69) is 15.5 Å². The normalized spacial score (nSPS) is 13.5. The zero-order valence-corrected chi connectivity index (χ0v) is 17.1. The lowest BCUT2D eigenvalue weighted by atomic mass is 9.95. The number of ether oxygens (including phenoxy) is 2. The second-order valence-electron chi connectivity index (χ2n) is 6.95. The summed E-state index contributed by atoms with van der Waals surface area (Å²) in [5, 5.41) is 5.54. The van der Waals surface area contributed by atoms with Crippen LogP contribution in [0.5, 0.6) is 11.5 Å². The number of nitrogens with zero attached hydrogens (tertiary/aromatic N) is 1. The predicted molar refractivity (Wildman–Crippen MR) is 115 cm³/mol. The maximum atomic E-state index is 12.6. The Bertz CT molecular complexity index is 1100. The van der Waals surface area contributed by atoms with Crippen LogP contribution in [0.2, 0.25) is 5.02 Å². The molecule has 4 rings (SSSR count). The lowest BCUT2D eigenvalue weighted by Gasteiger charge is -2.10. The molecule has 0 saturated carbocycles. The minimum Gasteiger partial charge on any atom is -0.493 e. The number of aromatic nitrogens is 1. The smallest absolute Gasteiger partial charge is 0.271 e. The van der Waals surface area contributed by atoms with Crippen LogP contribution in [-0.4, -0.2) is 31.3 Å². The van der Waals surface area contributed by atoms with Crippen LogP contribution in [0, 0.1) is 0 Å². The Balaban J connectivity index is 1.53. The number of nitrogens with one attached hydrogen (secondary N) is 2. The SMILES string of the molecule is COc1ccc(/C=N\NC(=O)c2ccc3[nH]c4c(c3c2)CCCC4)c(Cl)c1OC. The Kier molecular flexibility index (Phi) is 5.45. The van der Waals surface area contributed by atoms with E-state index in [1.165, 1.54) is 37.4 Å². The van der Waals surface area contributed by atoms with Crippen molar-refractivity contribution >= 4 is 34.6 Å². The maximum absolute atomic E-state index is 12.6. The van der Waals surface area contributed by atoms with Gasteiger partial charge in [-0.2, -0.15) is 5.10 Å². The van der Waals surface area contributed by atoms with Crippen LogP contribution in [0.3, 0.4) is 0 Å². The number of H-pyrrole nitrogens is 1. The van der Waals surface area contributed by atoms with Crippen LogP contribution < -0.4 is 14.9 Å². The summed E-state index contributed by atoms with van der Waals surface area (Å²) in [6, 6.07) is 9.18. The average molecular weight is 412 g/mol. The van der Waals surface area contributed by atoms with Gasteiger partial charge in [-0.05, 0) is 61.6 Å². The van der Waals surface area contributed by atoms with Crippen LogP contribution in [0.1, 0.15) is 40.0 Å². The summed E-state index contributed by atoms with van der Waals surface area (Å²) in [7, 11) is 3.06. The molecule has 1 aromatic heterocycles. The molecule has 0 radical (unpaired) electrons. The van der Waals surface area contributed by atoms with E-state index >= 15 is 0 Å². The van der Waals surface area contributed by atoms with Crippen molar-refractivity contribution in [3.05, 3.63) is 57.7 Å². The summed E-state index contributed by atoms with van der Waals surface area (Å²) < 4.78 is 10.5. The first-order valence-corrected chi connectivity index (χ1v) is 9.87. The molecule has 1 amide bonds. The molecule has 0 unspecified atom stereocenters. The molecule has 29 heavy (non-hydrogen) atoms. The number of amides is 1. The third-order valence-corrected chi connectivity index (χ3v) is 5.63. The second-order valence-corrected chi connectivity index (χ2v) is 7.33. The van der Waals surface area contributed by atoms with Gasteiger partial charge < -0.3 is 14.5 Å². The third kappa shape index (κ3) is 3.68. The van der Waals surface area contributed by atoms with Crippen molar-refractivity contribution in [3.8, 4) is 11.5 Å². The highest BCUT2D eigenvalue weighted by atomic mass is 35.5. The number of aryl methyl sites for hydroxylation is 2. The van der Waals surface area contributed by atoms with Gasteiger partial charge in [-0.25, -0.2) is 5.43 Å². The van der Waals surface area contributed by atoms with Crippen LogP contribution >= 0.6 is 11.6 Å². The van der Waals surface area contributed by atoms with Gasteiger partial charge in [-0.1, -0.05) is 11.6 Å². The molecule has 0 bridgehead atoms. The molecular formula is C22H22ClN3O3. The summed E-state index contributed by atoms with van der Waals surface area (Å²) in [4.78, 5) is 16.0. The minimum absolute atomic E-state index is 0.273. The van der Waals surface area contributed by atoms with E-state index < -0.39 is 0 Å². The third-order valence-electron chi connectivity index (χ3n) is 5.24. The lowest BCUT2D eigenvalue weighted by molar-refractivity contribution is 0.0955. The van der Waals surface area contributed by atoms with Gasteiger partial charge >= 0.3 is 0 Å². The van der Waals surface area contributed by atoms with E-state index in [4.69, 9.17) is 21.1 Å². The number of benzene rings is 2. The van der Waals surface area contributed by atoms with Crippen molar-refractivity contribution < 1.29 is 14.3 Å². The van der Waals surface area contributed by atoms with E-state index in [9.17, 15) is 4.79 Å². The number of hydrogen-bond donors (Lipinski definition) is 2. The fraction of sp³-hybridized carbons (Fsp3) is 0.273. The quantitative estimate of drug-likeness (QED) is 0.480. The van der Waals surface area contributed by atoms with Crippen LogP contribution in [0.25, 0.3) is 10.9 Å². The van der Waals surface area contributed by atoms with Gasteiger partial charge in [-0.15, -0.1) is 0 Å². The number of carbonyl (C=O) groups is 1. The average Bonchev–Trinajstić information content (AvgIpc) is 3.12. The molecule has 0 atom stereocenters. The molecule has 0 fully saturated rings. The zero-order chi connectivity index (χ0) is 20.4. The van der Waals surface area contributed by atoms with Crippen molar-refractivity contribution in [3.63, 3.8) is 0 Å². The number of methoxy groups -OCH3 is 2. The van der Waals surface area contributed by atoms with E-state index in [0.29, 0.717) is 27.6 Å². The highest BCUT2D eigenvalue weighted by Gasteiger charge is 2.17. The largest absolute Gasteiger partial charge is 0.493 e. The molecule has 3 aromatic rings. The Morgan fingerprint density at radius 1 is 1.17 bits per heavy atom. The Labute approximate surface area is 173 Å². The maximum Gasteiger partial charge on any atom is 0.271 e. The number of hydrazone groups is 1. The van der Waals surface area contributed by atoms with Gasteiger partial charge in [0.15, 0.2) is 11.5 Å². The van der Waals surface area contributed by atoms with Gasteiger partial charge in [0.2, 0.25) is 0 Å². The van der Waals surface area contributed by atoms with Gasteiger partial charge in [0, 0.05) is 27.7 Å². The van der Waals surface area contributed by atoms with E-state index in [-0.39, 0.29) is 5.91 Å². The molecule has 2 aromatic carbocycles. The highest BCUT2D eigenvalue weighted by Crippen LogP contribution is 2.36. The first kappa shape index (κ1) is 19.3. The fourth-order valence-electron chi connectivity index (χ4n) is 3.78. The number of fused-ring (bicyclic) bond motifs is 3. The molecule has 150 valence electrons. The lowest BCUT2D eigenvalue weighted by Crippen LogP contribution is -2.17. The Morgan fingerprint density at radius 2 is 2.00 bits per heavy atom. The second kappa shape index (κ2) is 8.17. The predicted octanol–water partition coefficient (Wildman–Crippen LogP) is 4.48. The van der Waals surface area contributed by atoms with Crippen molar-refractivity contribution in [2.75, 3.05) is 14.2 Å². The fourth-order valence-corrected chi connectivity index (χ4v) is 4.06. The molecule has 6 nitrogen and oxygen atoms in total. The molecule has 0 aliphatic heterocycles. The first-order valence-electron chi connectivity index (χ1n) is 9.49. The molecule has 1 aliphatic rings. The standard InChI is InChI=1S/C22H22ClN3O3/c1-28-19-10-8-14(20(23)21(19)29-2)12-24-26-22(27)13-7-9-18-16(11-13)15-5-3-4-6-17(15)25-18/h7-12,25H,3-6H2,1-2H3,(H,26,27)/b24-12-. The highest BCUT2D eigenvalue weighted by molar-refractivity contribution is 6.34. The molecule has 0 saturated heterocycles. The number of halogens is 1. The molecule has 1 aliphatic carbocycles. The van der Waals surface area contributed by atoms with Crippen LogP contribution in [-0.2, 0) is 12.8 Å². The van der Waals surface area contributed by atoms with Crippen LogP contribution in [0.4, 0.5) is 0 Å². The van der Waals surface area contributed by atoms with Gasteiger partial charge in [0.25, 0.3) is 5.91 Å². The zero-order valence-electron chi connectivity index (χ0n) is 16.3.